The number of rotatable bonds is 5. The third-order valence-electron chi connectivity index (χ3n) is 3.63. The zero-order valence-electron chi connectivity index (χ0n) is 12.1. The predicted molar refractivity (Wildman–Crippen MR) is 81.4 cm³/mol. The highest BCUT2D eigenvalue weighted by molar-refractivity contribution is 7.89. The van der Waals surface area contributed by atoms with Crippen LogP contribution < -0.4 is 10.6 Å². The van der Waals surface area contributed by atoms with Crippen molar-refractivity contribution in [2.24, 2.45) is 5.92 Å². The van der Waals surface area contributed by atoms with Crippen LogP contribution in [0.4, 0.5) is 5.69 Å². The lowest BCUT2D eigenvalue weighted by molar-refractivity contribution is 0.392. The number of para-hydroxylation sites is 1. The second-order valence-electron chi connectivity index (χ2n) is 5.38. The van der Waals surface area contributed by atoms with E-state index in [0.29, 0.717) is 16.5 Å². The first-order chi connectivity index (χ1) is 9.51. The van der Waals surface area contributed by atoms with E-state index in [2.05, 4.69) is 10.6 Å². The molecule has 1 atom stereocenters. The van der Waals surface area contributed by atoms with Crippen LogP contribution in [0.1, 0.15) is 12.8 Å². The molecule has 20 heavy (non-hydrogen) atoms. The minimum absolute atomic E-state index is 0.341. The van der Waals surface area contributed by atoms with E-state index in [9.17, 15) is 8.42 Å². The lowest BCUT2D eigenvalue weighted by atomic mass is 10.00. The minimum Gasteiger partial charge on any atom is -0.384 e. The number of benzene rings is 1. The van der Waals surface area contributed by atoms with Crippen LogP contribution in [0.5, 0.6) is 0 Å². The van der Waals surface area contributed by atoms with Crippen molar-refractivity contribution in [2.75, 3.05) is 39.0 Å². The molecule has 0 aromatic heterocycles. The van der Waals surface area contributed by atoms with E-state index in [0.717, 1.165) is 19.6 Å². The number of hydrogen-bond donors (Lipinski definition) is 2. The maximum absolute atomic E-state index is 12.3. The molecule has 0 amide bonds. The molecular weight excluding hydrogens is 274 g/mol. The van der Waals surface area contributed by atoms with Gasteiger partial charge >= 0.3 is 0 Å². The van der Waals surface area contributed by atoms with E-state index < -0.39 is 10.0 Å². The van der Waals surface area contributed by atoms with Crippen LogP contribution in [0.25, 0.3) is 0 Å². The number of nitrogens with zero attached hydrogens (tertiary/aromatic N) is 1. The largest absolute Gasteiger partial charge is 0.384 e. The van der Waals surface area contributed by atoms with Gasteiger partial charge in [-0.2, -0.15) is 0 Å². The van der Waals surface area contributed by atoms with Crippen molar-refractivity contribution in [3.8, 4) is 0 Å². The molecule has 0 bridgehead atoms. The number of nitrogens with one attached hydrogen (secondary N) is 2. The number of anilines is 1. The molecule has 1 aliphatic heterocycles. The molecule has 6 heteroatoms. The van der Waals surface area contributed by atoms with Crippen LogP contribution in [-0.4, -0.2) is 46.5 Å². The van der Waals surface area contributed by atoms with Crippen molar-refractivity contribution < 1.29 is 8.42 Å². The Bertz CT molecular complexity index is 537. The first-order valence-corrected chi connectivity index (χ1v) is 8.42. The fourth-order valence-electron chi connectivity index (χ4n) is 2.39. The van der Waals surface area contributed by atoms with Crippen molar-refractivity contribution in [2.45, 2.75) is 17.7 Å². The Kier molecular flexibility index (Phi) is 5.01. The van der Waals surface area contributed by atoms with Crippen molar-refractivity contribution in [1.82, 2.24) is 9.62 Å². The van der Waals surface area contributed by atoms with E-state index in [-0.39, 0.29) is 0 Å². The SMILES string of the molecule is CN(C)S(=O)(=O)c1ccccc1NCC1CCCNC1. The van der Waals surface area contributed by atoms with Gasteiger partial charge in [0.15, 0.2) is 0 Å². The molecule has 0 saturated carbocycles. The van der Waals surface area contributed by atoms with Crippen molar-refractivity contribution in [3.63, 3.8) is 0 Å². The van der Waals surface area contributed by atoms with E-state index in [1.54, 1.807) is 26.2 Å². The number of sulfonamides is 1. The monoisotopic (exact) mass is 297 g/mol. The molecule has 2 rings (SSSR count). The summed E-state index contributed by atoms with van der Waals surface area (Å²) in [5.74, 6) is 0.555. The van der Waals surface area contributed by atoms with E-state index >= 15 is 0 Å². The molecule has 1 fully saturated rings. The fourth-order valence-corrected chi connectivity index (χ4v) is 3.45. The van der Waals surface area contributed by atoms with Gasteiger partial charge in [0.25, 0.3) is 0 Å². The van der Waals surface area contributed by atoms with E-state index in [4.69, 9.17) is 0 Å². The summed E-state index contributed by atoms with van der Waals surface area (Å²) in [6.45, 7) is 2.88. The lowest BCUT2D eigenvalue weighted by Crippen LogP contribution is -2.33. The molecule has 1 saturated heterocycles. The van der Waals surface area contributed by atoms with Gasteiger partial charge in [-0.05, 0) is 44.0 Å². The van der Waals surface area contributed by atoms with Gasteiger partial charge in [0.1, 0.15) is 4.90 Å². The molecule has 112 valence electrons. The maximum Gasteiger partial charge on any atom is 0.244 e. The van der Waals surface area contributed by atoms with Crippen LogP contribution in [-0.2, 0) is 10.0 Å². The Morgan fingerprint density at radius 2 is 2.10 bits per heavy atom. The van der Waals surface area contributed by atoms with Crippen LogP contribution in [0, 0.1) is 5.92 Å². The van der Waals surface area contributed by atoms with Crippen LogP contribution in [0.15, 0.2) is 29.2 Å². The zero-order chi connectivity index (χ0) is 14.6. The highest BCUT2D eigenvalue weighted by Crippen LogP contribution is 2.23. The van der Waals surface area contributed by atoms with E-state index in [1.807, 2.05) is 12.1 Å². The zero-order valence-corrected chi connectivity index (χ0v) is 12.9. The standard InChI is InChI=1S/C14H23N3O2S/c1-17(2)20(18,19)14-8-4-3-7-13(14)16-11-12-6-5-9-15-10-12/h3-4,7-8,12,15-16H,5-6,9-11H2,1-2H3. The first-order valence-electron chi connectivity index (χ1n) is 6.98. The Morgan fingerprint density at radius 1 is 1.35 bits per heavy atom. The molecular formula is C14H23N3O2S. The average Bonchev–Trinajstić information content (AvgIpc) is 2.46. The Balaban J connectivity index is 2.12. The Labute approximate surface area is 121 Å². The maximum atomic E-state index is 12.3. The molecule has 1 unspecified atom stereocenters. The van der Waals surface area contributed by atoms with Gasteiger partial charge in [-0.25, -0.2) is 12.7 Å². The smallest absolute Gasteiger partial charge is 0.244 e. The van der Waals surface area contributed by atoms with Gasteiger partial charge < -0.3 is 10.6 Å². The lowest BCUT2D eigenvalue weighted by Gasteiger charge is -2.24. The summed E-state index contributed by atoms with van der Waals surface area (Å²) in [6, 6.07) is 7.09. The van der Waals surface area contributed by atoms with Gasteiger partial charge in [0, 0.05) is 20.6 Å². The minimum atomic E-state index is -3.41. The normalized spacial score (nSPS) is 20.1. The van der Waals surface area contributed by atoms with Crippen molar-refractivity contribution >= 4 is 15.7 Å². The predicted octanol–water partition coefficient (Wildman–Crippen LogP) is 1.35. The van der Waals surface area contributed by atoms with Crippen LogP contribution >= 0.6 is 0 Å². The number of piperidine rings is 1. The summed E-state index contributed by atoms with van der Waals surface area (Å²) >= 11 is 0. The second kappa shape index (κ2) is 6.56. The summed E-state index contributed by atoms with van der Waals surface area (Å²) in [4.78, 5) is 0.341. The highest BCUT2D eigenvalue weighted by atomic mass is 32.2. The Morgan fingerprint density at radius 3 is 2.75 bits per heavy atom. The summed E-state index contributed by atoms with van der Waals surface area (Å²) in [5.41, 5.74) is 0.687. The van der Waals surface area contributed by atoms with Gasteiger partial charge in [-0.1, -0.05) is 12.1 Å². The topological polar surface area (TPSA) is 61.4 Å². The number of hydrogen-bond acceptors (Lipinski definition) is 4. The van der Waals surface area contributed by atoms with Crippen molar-refractivity contribution in [3.05, 3.63) is 24.3 Å². The van der Waals surface area contributed by atoms with Gasteiger partial charge in [-0.3, -0.25) is 0 Å². The van der Waals surface area contributed by atoms with Crippen LogP contribution in [0.2, 0.25) is 0 Å². The quantitative estimate of drug-likeness (QED) is 0.861. The molecule has 1 aliphatic rings. The van der Waals surface area contributed by atoms with Crippen LogP contribution in [0.3, 0.4) is 0 Å². The molecule has 1 aromatic carbocycles. The summed E-state index contributed by atoms with van der Waals surface area (Å²) in [6.07, 6.45) is 2.37. The summed E-state index contributed by atoms with van der Waals surface area (Å²) in [5, 5.41) is 6.67. The summed E-state index contributed by atoms with van der Waals surface area (Å²) < 4.78 is 25.8. The summed E-state index contributed by atoms with van der Waals surface area (Å²) in [7, 11) is -0.300. The highest BCUT2D eigenvalue weighted by Gasteiger charge is 2.21. The molecule has 0 aliphatic carbocycles. The molecule has 0 spiro atoms. The third kappa shape index (κ3) is 3.50. The Hall–Kier alpha value is -1.11. The molecule has 5 nitrogen and oxygen atoms in total. The van der Waals surface area contributed by atoms with E-state index in [1.165, 1.54) is 17.1 Å². The molecule has 1 heterocycles. The molecule has 0 radical (unpaired) electrons. The average molecular weight is 297 g/mol. The molecule has 2 N–H and O–H groups in total. The fraction of sp³-hybridized carbons (Fsp3) is 0.571. The van der Waals surface area contributed by atoms with Gasteiger partial charge in [0.2, 0.25) is 10.0 Å². The molecule has 1 aromatic rings. The van der Waals surface area contributed by atoms with Crippen molar-refractivity contribution in [1.29, 1.82) is 0 Å². The third-order valence-corrected chi connectivity index (χ3v) is 5.50. The van der Waals surface area contributed by atoms with Gasteiger partial charge in [0.05, 0.1) is 5.69 Å². The second-order valence-corrected chi connectivity index (χ2v) is 7.50. The first kappa shape index (κ1) is 15.3. The van der Waals surface area contributed by atoms with Gasteiger partial charge in [-0.15, -0.1) is 0 Å².